The summed E-state index contributed by atoms with van der Waals surface area (Å²) in [6.45, 7) is 2.91. The first-order chi connectivity index (χ1) is 11.2. The van der Waals surface area contributed by atoms with Crippen molar-refractivity contribution in [1.29, 1.82) is 5.26 Å². The number of nitriles is 1. The summed E-state index contributed by atoms with van der Waals surface area (Å²) < 4.78 is 0. The first-order valence-corrected chi connectivity index (χ1v) is 9.37. The van der Waals surface area contributed by atoms with Gasteiger partial charge in [-0.15, -0.1) is 0 Å². The smallest absolute Gasteiger partial charge is 0.191 e. The fourth-order valence-electron chi connectivity index (χ4n) is 2.99. The van der Waals surface area contributed by atoms with Crippen LogP contribution in [0.2, 0.25) is 0 Å². The molecule has 1 aliphatic carbocycles. The molecule has 1 aliphatic rings. The van der Waals surface area contributed by atoms with Crippen molar-refractivity contribution in [3.63, 3.8) is 0 Å². The van der Waals surface area contributed by atoms with Gasteiger partial charge in [0.1, 0.15) is 0 Å². The molecule has 5 heteroatoms. The van der Waals surface area contributed by atoms with Crippen LogP contribution in [0.5, 0.6) is 0 Å². The molecule has 23 heavy (non-hydrogen) atoms. The fraction of sp³-hybridized carbons (Fsp3) is 0.556. The Kier molecular flexibility index (Phi) is 7.28. The average Bonchev–Trinajstić information content (AvgIpc) is 2.59. The number of guanidine groups is 1. The maximum Gasteiger partial charge on any atom is 0.191 e. The largest absolute Gasteiger partial charge is 0.354 e. The molecule has 0 bridgehead atoms. The van der Waals surface area contributed by atoms with E-state index >= 15 is 0 Å². The van der Waals surface area contributed by atoms with E-state index in [1.54, 1.807) is 0 Å². The standard InChI is InChI=1S/C18H26N4S/c1-3-23-17-9-5-8-16(11-17)22-18(20-2)21-13-15-7-4-6-14(10-15)12-19/h4,6-7,10,16-17H,3,5,8-9,11,13H2,1-2H3,(H2,20,21,22). The lowest BCUT2D eigenvalue weighted by molar-refractivity contribution is 0.419. The van der Waals surface area contributed by atoms with Gasteiger partial charge in [0.15, 0.2) is 5.96 Å². The van der Waals surface area contributed by atoms with E-state index < -0.39 is 0 Å². The summed E-state index contributed by atoms with van der Waals surface area (Å²) >= 11 is 2.07. The van der Waals surface area contributed by atoms with Gasteiger partial charge in [-0.1, -0.05) is 25.5 Å². The van der Waals surface area contributed by atoms with Crippen LogP contribution in [0.1, 0.15) is 43.7 Å². The lowest BCUT2D eigenvalue weighted by atomic mass is 9.95. The van der Waals surface area contributed by atoms with Gasteiger partial charge in [-0.3, -0.25) is 4.99 Å². The Morgan fingerprint density at radius 1 is 1.43 bits per heavy atom. The number of nitrogens with zero attached hydrogens (tertiary/aromatic N) is 2. The second-order valence-corrected chi connectivity index (χ2v) is 7.40. The first kappa shape index (κ1) is 17.7. The van der Waals surface area contributed by atoms with Crippen molar-refractivity contribution in [2.24, 2.45) is 4.99 Å². The summed E-state index contributed by atoms with van der Waals surface area (Å²) in [6, 6.07) is 10.4. The van der Waals surface area contributed by atoms with Crippen molar-refractivity contribution in [2.75, 3.05) is 12.8 Å². The fourth-order valence-corrected chi connectivity index (χ4v) is 4.16. The maximum atomic E-state index is 8.96. The van der Waals surface area contributed by atoms with Crippen molar-refractivity contribution in [3.05, 3.63) is 35.4 Å². The monoisotopic (exact) mass is 330 g/mol. The van der Waals surface area contributed by atoms with Gasteiger partial charge >= 0.3 is 0 Å². The van der Waals surface area contributed by atoms with Crippen LogP contribution in [0.4, 0.5) is 0 Å². The highest BCUT2D eigenvalue weighted by Gasteiger charge is 2.22. The molecule has 0 heterocycles. The molecule has 0 radical (unpaired) electrons. The topological polar surface area (TPSA) is 60.2 Å². The molecule has 124 valence electrons. The molecule has 2 N–H and O–H groups in total. The molecule has 0 aliphatic heterocycles. The molecule has 2 unspecified atom stereocenters. The minimum Gasteiger partial charge on any atom is -0.354 e. The van der Waals surface area contributed by atoms with Crippen LogP contribution < -0.4 is 10.6 Å². The highest BCUT2D eigenvalue weighted by atomic mass is 32.2. The second kappa shape index (κ2) is 9.46. The number of hydrogen-bond donors (Lipinski definition) is 2. The maximum absolute atomic E-state index is 8.96. The van der Waals surface area contributed by atoms with E-state index in [4.69, 9.17) is 5.26 Å². The average molecular weight is 331 g/mol. The molecule has 1 saturated carbocycles. The van der Waals surface area contributed by atoms with E-state index in [0.29, 0.717) is 18.2 Å². The summed E-state index contributed by atoms with van der Waals surface area (Å²) in [4.78, 5) is 4.33. The van der Waals surface area contributed by atoms with Crippen LogP contribution in [-0.2, 0) is 6.54 Å². The Balaban J connectivity index is 1.84. The third-order valence-corrected chi connectivity index (χ3v) is 5.34. The number of benzene rings is 1. The quantitative estimate of drug-likeness (QED) is 0.642. The molecule has 1 aromatic rings. The van der Waals surface area contributed by atoms with Gasteiger partial charge in [0, 0.05) is 24.9 Å². The van der Waals surface area contributed by atoms with E-state index in [-0.39, 0.29) is 0 Å². The van der Waals surface area contributed by atoms with Gasteiger partial charge in [0.05, 0.1) is 11.6 Å². The molecule has 1 aromatic carbocycles. The van der Waals surface area contributed by atoms with Crippen LogP contribution in [0.25, 0.3) is 0 Å². The lowest BCUT2D eigenvalue weighted by Crippen LogP contribution is -2.45. The lowest BCUT2D eigenvalue weighted by Gasteiger charge is -2.30. The molecule has 0 saturated heterocycles. The molecule has 2 atom stereocenters. The van der Waals surface area contributed by atoms with Gasteiger partial charge in [-0.25, -0.2) is 0 Å². The Labute approximate surface area is 143 Å². The Bertz CT molecular complexity index is 562. The Morgan fingerprint density at radius 3 is 3.04 bits per heavy atom. The summed E-state index contributed by atoms with van der Waals surface area (Å²) in [7, 11) is 1.81. The van der Waals surface area contributed by atoms with E-state index in [0.717, 1.165) is 16.8 Å². The van der Waals surface area contributed by atoms with Gasteiger partial charge in [0.2, 0.25) is 0 Å². The van der Waals surface area contributed by atoms with Crippen LogP contribution in [0, 0.1) is 11.3 Å². The molecule has 0 spiro atoms. The molecule has 4 nitrogen and oxygen atoms in total. The molecular formula is C18H26N4S. The van der Waals surface area contributed by atoms with E-state index in [1.807, 2.05) is 31.3 Å². The van der Waals surface area contributed by atoms with Gasteiger partial charge in [0.25, 0.3) is 0 Å². The van der Waals surface area contributed by atoms with Crippen LogP contribution >= 0.6 is 11.8 Å². The zero-order valence-electron chi connectivity index (χ0n) is 14.0. The van der Waals surface area contributed by atoms with Crippen LogP contribution in [0.3, 0.4) is 0 Å². The molecule has 0 aromatic heterocycles. The van der Waals surface area contributed by atoms with Crippen LogP contribution in [0.15, 0.2) is 29.3 Å². The molecule has 0 amide bonds. The van der Waals surface area contributed by atoms with E-state index in [2.05, 4.69) is 40.4 Å². The highest BCUT2D eigenvalue weighted by molar-refractivity contribution is 7.99. The summed E-state index contributed by atoms with van der Waals surface area (Å²) in [5.74, 6) is 2.04. The SMILES string of the molecule is CCSC1CCCC(NC(=NC)NCc2cccc(C#N)c2)C1. The number of aliphatic imine (C=N–C) groups is 1. The van der Waals surface area contributed by atoms with Gasteiger partial charge in [-0.05, 0) is 42.7 Å². The van der Waals surface area contributed by atoms with Gasteiger partial charge in [-0.2, -0.15) is 17.0 Å². The number of rotatable bonds is 5. The number of thioether (sulfide) groups is 1. The number of nitrogens with one attached hydrogen (secondary N) is 2. The predicted molar refractivity (Wildman–Crippen MR) is 98.7 cm³/mol. The summed E-state index contributed by atoms with van der Waals surface area (Å²) in [5, 5.41) is 16.6. The first-order valence-electron chi connectivity index (χ1n) is 8.33. The minimum atomic E-state index is 0.504. The highest BCUT2D eigenvalue weighted by Crippen LogP contribution is 2.28. The van der Waals surface area contributed by atoms with Crippen molar-refractivity contribution in [3.8, 4) is 6.07 Å². The Hall–Kier alpha value is -1.67. The Morgan fingerprint density at radius 2 is 2.30 bits per heavy atom. The van der Waals surface area contributed by atoms with E-state index in [1.165, 1.54) is 31.4 Å². The summed E-state index contributed by atoms with van der Waals surface area (Å²) in [5.41, 5.74) is 1.79. The third-order valence-electron chi connectivity index (χ3n) is 4.11. The summed E-state index contributed by atoms with van der Waals surface area (Å²) in [6.07, 6.45) is 5.05. The van der Waals surface area contributed by atoms with E-state index in [9.17, 15) is 0 Å². The normalized spacial score (nSPS) is 21.5. The van der Waals surface area contributed by atoms with Crippen molar-refractivity contribution in [1.82, 2.24) is 10.6 Å². The van der Waals surface area contributed by atoms with Crippen molar-refractivity contribution < 1.29 is 0 Å². The second-order valence-electron chi connectivity index (χ2n) is 5.82. The zero-order chi connectivity index (χ0) is 16.5. The minimum absolute atomic E-state index is 0.504. The van der Waals surface area contributed by atoms with Crippen LogP contribution in [-0.4, -0.2) is 30.1 Å². The molecule has 1 fully saturated rings. The third kappa shape index (κ3) is 5.80. The van der Waals surface area contributed by atoms with Crippen molar-refractivity contribution >= 4 is 17.7 Å². The van der Waals surface area contributed by atoms with Crippen molar-refractivity contribution in [2.45, 2.75) is 50.4 Å². The molecule has 2 rings (SSSR count). The molecular weight excluding hydrogens is 304 g/mol. The number of hydrogen-bond acceptors (Lipinski definition) is 3. The zero-order valence-corrected chi connectivity index (χ0v) is 14.8. The van der Waals surface area contributed by atoms with Gasteiger partial charge < -0.3 is 10.6 Å². The predicted octanol–water partition coefficient (Wildman–Crippen LogP) is 3.29.